The van der Waals surface area contributed by atoms with Crippen LogP contribution in [-0.2, 0) is 15.7 Å². The Morgan fingerprint density at radius 2 is 1.91 bits per heavy atom. The second kappa shape index (κ2) is 7.00. The van der Waals surface area contributed by atoms with E-state index in [0.29, 0.717) is 12.5 Å². The molecule has 1 aromatic rings. The summed E-state index contributed by atoms with van der Waals surface area (Å²) in [6.45, 7) is 2.02. The summed E-state index contributed by atoms with van der Waals surface area (Å²) in [5.41, 5.74) is -0.832. The van der Waals surface area contributed by atoms with Gasteiger partial charge in [-0.2, -0.15) is 13.2 Å². The molecule has 0 spiro atoms. The molecule has 0 radical (unpaired) electrons. The highest BCUT2D eigenvalue weighted by atomic mass is 19.4. The van der Waals surface area contributed by atoms with Gasteiger partial charge in [-0.25, -0.2) is 9.97 Å². The molecule has 23 heavy (non-hydrogen) atoms. The van der Waals surface area contributed by atoms with E-state index in [1.54, 1.807) is 0 Å². The average molecular weight is 331 g/mol. The Balaban J connectivity index is 1.59. The van der Waals surface area contributed by atoms with Crippen molar-refractivity contribution in [1.82, 2.24) is 9.97 Å². The van der Waals surface area contributed by atoms with Crippen LogP contribution in [0.25, 0.3) is 0 Å². The molecule has 5 nitrogen and oxygen atoms in total. The molecule has 0 aromatic carbocycles. The Morgan fingerprint density at radius 1 is 1.13 bits per heavy atom. The van der Waals surface area contributed by atoms with Gasteiger partial charge in [-0.3, -0.25) is 0 Å². The number of ether oxygens (including phenoxy) is 2. The van der Waals surface area contributed by atoms with Crippen LogP contribution >= 0.6 is 0 Å². The number of anilines is 1. The fourth-order valence-electron chi connectivity index (χ4n) is 2.89. The quantitative estimate of drug-likeness (QED) is 0.852. The third-order valence-corrected chi connectivity index (χ3v) is 4.11. The molecule has 2 fully saturated rings. The van der Waals surface area contributed by atoms with E-state index in [4.69, 9.17) is 9.47 Å². The number of piperidine rings is 1. The van der Waals surface area contributed by atoms with Crippen molar-refractivity contribution in [3.8, 4) is 0 Å². The molecule has 2 saturated heterocycles. The predicted molar refractivity (Wildman–Crippen MR) is 76.9 cm³/mol. The third kappa shape index (κ3) is 4.32. The van der Waals surface area contributed by atoms with Gasteiger partial charge < -0.3 is 14.4 Å². The van der Waals surface area contributed by atoms with Crippen molar-refractivity contribution in [2.45, 2.75) is 50.7 Å². The Labute approximate surface area is 132 Å². The maximum Gasteiger partial charge on any atom is 0.419 e. The van der Waals surface area contributed by atoms with Crippen LogP contribution in [0.5, 0.6) is 0 Å². The highest BCUT2D eigenvalue weighted by Gasteiger charge is 2.32. The van der Waals surface area contributed by atoms with E-state index in [0.717, 1.165) is 57.6 Å². The first-order chi connectivity index (χ1) is 11.0. The molecule has 0 bridgehead atoms. The van der Waals surface area contributed by atoms with Crippen LogP contribution in [0.4, 0.5) is 19.1 Å². The maximum absolute atomic E-state index is 12.6. The number of halogens is 3. The van der Waals surface area contributed by atoms with Gasteiger partial charge >= 0.3 is 6.18 Å². The van der Waals surface area contributed by atoms with Gasteiger partial charge in [0.1, 0.15) is 0 Å². The lowest BCUT2D eigenvalue weighted by Crippen LogP contribution is -2.43. The lowest BCUT2D eigenvalue weighted by atomic mass is 10.1. The second-order valence-electron chi connectivity index (χ2n) is 5.91. The lowest BCUT2D eigenvalue weighted by molar-refractivity contribution is -0.188. The number of rotatable bonds is 3. The fraction of sp³-hybridized carbons (Fsp3) is 0.733. The molecule has 128 valence electrons. The Kier molecular flexibility index (Phi) is 5.01. The highest BCUT2D eigenvalue weighted by molar-refractivity contribution is 5.31. The van der Waals surface area contributed by atoms with Gasteiger partial charge in [0.15, 0.2) is 6.29 Å². The molecule has 8 heteroatoms. The minimum Gasteiger partial charge on any atom is -0.353 e. The normalized spacial score (nSPS) is 26.3. The minimum atomic E-state index is -4.41. The van der Waals surface area contributed by atoms with Crippen LogP contribution in [0.1, 0.15) is 37.7 Å². The van der Waals surface area contributed by atoms with E-state index in [2.05, 4.69) is 9.97 Å². The van der Waals surface area contributed by atoms with E-state index in [1.807, 2.05) is 4.90 Å². The first-order valence-corrected chi connectivity index (χ1v) is 7.93. The molecule has 2 unspecified atom stereocenters. The molecule has 1 aromatic heterocycles. The SMILES string of the molecule is FC(F)(F)c1cnc(N2CCCC(OC3CCCCO3)C2)nc1. The fourth-order valence-corrected chi connectivity index (χ4v) is 2.89. The van der Waals surface area contributed by atoms with Crippen LogP contribution in [0.2, 0.25) is 0 Å². The zero-order chi connectivity index (χ0) is 16.3. The van der Waals surface area contributed by atoms with Crippen LogP contribution in [0, 0.1) is 0 Å². The van der Waals surface area contributed by atoms with Crippen molar-refractivity contribution in [2.24, 2.45) is 0 Å². The largest absolute Gasteiger partial charge is 0.419 e. The summed E-state index contributed by atoms with van der Waals surface area (Å²) in [5, 5.41) is 0. The Morgan fingerprint density at radius 3 is 2.57 bits per heavy atom. The summed E-state index contributed by atoms with van der Waals surface area (Å²) in [4.78, 5) is 9.59. The van der Waals surface area contributed by atoms with Gasteiger partial charge in [-0.05, 0) is 32.1 Å². The van der Waals surface area contributed by atoms with Crippen LogP contribution in [0.3, 0.4) is 0 Å². The number of aromatic nitrogens is 2. The van der Waals surface area contributed by atoms with Crippen LogP contribution in [0.15, 0.2) is 12.4 Å². The first-order valence-electron chi connectivity index (χ1n) is 7.93. The van der Waals surface area contributed by atoms with Crippen molar-refractivity contribution in [3.05, 3.63) is 18.0 Å². The van der Waals surface area contributed by atoms with Gasteiger partial charge in [-0.1, -0.05) is 0 Å². The van der Waals surface area contributed by atoms with Gasteiger partial charge in [0.2, 0.25) is 5.95 Å². The third-order valence-electron chi connectivity index (χ3n) is 4.11. The summed E-state index contributed by atoms with van der Waals surface area (Å²) in [6, 6.07) is 0. The topological polar surface area (TPSA) is 47.5 Å². The molecule has 0 aliphatic carbocycles. The predicted octanol–water partition coefficient (Wildman–Crippen LogP) is 3.01. The lowest BCUT2D eigenvalue weighted by Gasteiger charge is -2.35. The van der Waals surface area contributed by atoms with Gasteiger partial charge in [0, 0.05) is 32.1 Å². The molecular formula is C15H20F3N3O2. The molecule has 3 heterocycles. The van der Waals surface area contributed by atoms with E-state index in [1.165, 1.54) is 0 Å². The Bertz CT molecular complexity index is 504. The molecule has 3 rings (SSSR count). The molecular weight excluding hydrogens is 311 g/mol. The first kappa shape index (κ1) is 16.4. The van der Waals surface area contributed by atoms with E-state index < -0.39 is 11.7 Å². The second-order valence-corrected chi connectivity index (χ2v) is 5.91. The molecule has 2 aliphatic heterocycles. The number of alkyl halides is 3. The average Bonchev–Trinajstić information content (AvgIpc) is 2.55. The van der Waals surface area contributed by atoms with Crippen molar-refractivity contribution in [3.63, 3.8) is 0 Å². The van der Waals surface area contributed by atoms with Crippen LogP contribution < -0.4 is 4.90 Å². The molecule has 2 atom stereocenters. The van der Waals surface area contributed by atoms with Crippen molar-refractivity contribution >= 4 is 5.95 Å². The molecule has 2 aliphatic rings. The summed E-state index contributed by atoms with van der Waals surface area (Å²) >= 11 is 0. The zero-order valence-electron chi connectivity index (χ0n) is 12.8. The molecule has 0 amide bonds. The van der Waals surface area contributed by atoms with E-state index in [-0.39, 0.29) is 12.4 Å². The summed E-state index contributed by atoms with van der Waals surface area (Å²) < 4.78 is 49.2. The standard InChI is InChI=1S/C15H20F3N3O2/c16-15(17,18)11-8-19-14(20-9-11)21-6-3-4-12(10-21)23-13-5-1-2-7-22-13/h8-9,12-13H,1-7,10H2. The number of hydrogen-bond acceptors (Lipinski definition) is 5. The number of nitrogens with zero attached hydrogens (tertiary/aromatic N) is 3. The maximum atomic E-state index is 12.6. The molecule has 0 saturated carbocycles. The van der Waals surface area contributed by atoms with E-state index in [9.17, 15) is 13.2 Å². The monoisotopic (exact) mass is 331 g/mol. The van der Waals surface area contributed by atoms with Crippen molar-refractivity contribution in [1.29, 1.82) is 0 Å². The summed E-state index contributed by atoms with van der Waals surface area (Å²) in [7, 11) is 0. The molecule has 0 N–H and O–H groups in total. The van der Waals surface area contributed by atoms with Crippen LogP contribution in [-0.4, -0.2) is 42.1 Å². The Hall–Kier alpha value is -1.41. The van der Waals surface area contributed by atoms with Crippen molar-refractivity contribution < 1.29 is 22.6 Å². The highest BCUT2D eigenvalue weighted by Crippen LogP contribution is 2.29. The summed E-state index contributed by atoms with van der Waals surface area (Å²) in [6.07, 6.45) is 1.95. The van der Waals surface area contributed by atoms with Gasteiger partial charge in [-0.15, -0.1) is 0 Å². The van der Waals surface area contributed by atoms with Gasteiger partial charge in [0.05, 0.1) is 11.7 Å². The van der Waals surface area contributed by atoms with Gasteiger partial charge in [0.25, 0.3) is 0 Å². The van der Waals surface area contributed by atoms with E-state index >= 15 is 0 Å². The zero-order valence-corrected chi connectivity index (χ0v) is 12.8. The minimum absolute atomic E-state index is 0.00209. The summed E-state index contributed by atoms with van der Waals surface area (Å²) in [5.74, 6) is 0.316. The smallest absolute Gasteiger partial charge is 0.353 e. The number of hydrogen-bond donors (Lipinski definition) is 0. The van der Waals surface area contributed by atoms with Crippen molar-refractivity contribution in [2.75, 3.05) is 24.6 Å².